The van der Waals surface area contributed by atoms with Crippen LogP contribution in [0.2, 0.25) is 0 Å². The van der Waals surface area contributed by atoms with Crippen molar-refractivity contribution >= 4 is 23.3 Å². The third kappa shape index (κ3) is 3.10. The monoisotopic (exact) mass is 312 g/mol. The van der Waals surface area contributed by atoms with Crippen LogP contribution in [0.15, 0.2) is 41.3 Å². The second-order valence-corrected chi connectivity index (χ2v) is 5.58. The van der Waals surface area contributed by atoms with Crippen molar-refractivity contribution in [2.24, 2.45) is 0 Å². The van der Waals surface area contributed by atoms with Gasteiger partial charge in [-0.1, -0.05) is 12.1 Å². The third-order valence-electron chi connectivity index (χ3n) is 3.08. The summed E-state index contributed by atoms with van der Waals surface area (Å²) in [5.41, 5.74) is 0.766. The second-order valence-electron chi connectivity index (χ2n) is 4.54. The van der Waals surface area contributed by atoms with Gasteiger partial charge in [0.2, 0.25) is 6.79 Å². The zero-order valence-electron chi connectivity index (χ0n) is 11.5. The van der Waals surface area contributed by atoms with Gasteiger partial charge in [0, 0.05) is 4.88 Å². The van der Waals surface area contributed by atoms with Gasteiger partial charge in [-0.25, -0.2) is 0 Å². The molecule has 3 rings (SSSR count). The molecule has 5 nitrogen and oxygen atoms in total. The van der Waals surface area contributed by atoms with Gasteiger partial charge in [0.05, 0.1) is 6.54 Å². The number of fused-ring (bicyclic) bond motifs is 1. The van der Waals surface area contributed by atoms with Crippen LogP contribution < -0.4 is 14.8 Å². The standard InChI is InChI=1S/C16H12N2O3S/c17-8-12(16(19)18-9-13-2-1-5-22-13)6-11-3-4-14-15(7-11)21-10-20-14/h1-7H,9-10H2,(H,18,19)/b12-6+. The van der Waals surface area contributed by atoms with Crippen LogP contribution in [-0.4, -0.2) is 12.7 Å². The van der Waals surface area contributed by atoms with Crippen molar-refractivity contribution in [2.45, 2.75) is 6.54 Å². The lowest BCUT2D eigenvalue weighted by molar-refractivity contribution is -0.117. The first-order chi connectivity index (χ1) is 10.8. The van der Waals surface area contributed by atoms with Crippen molar-refractivity contribution in [3.05, 3.63) is 51.7 Å². The molecule has 0 radical (unpaired) electrons. The summed E-state index contributed by atoms with van der Waals surface area (Å²) in [5.74, 6) is 0.886. The Morgan fingerprint density at radius 3 is 3.00 bits per heavy atom. The Morgan fingerprint density at radius 2 is 2.23 bits per heavy atom. The van der Waals surface area contributed by atoms with E-state index in [2.05, 4.69) is 5.32 Å². The summed E-state index contributed by atoms with van der Waals surface area (Å²) < 4.78 is 10.5. The molecule has 0 saturated heterocycles. The van der Waals surface area contributed by atoms with E-state index in [1.807, 2.05) is 23.6 Å². The Kier molecular flexibility index (Phi) is 4.08. The van der Waals surface area contributed by atoms with E-state index in [1.54, 1.807) is 29.5 Å². The van der Waals surface area contributed by atoms with Gasteiger partial charge in [-0.05, 0) is 35.2 Å². The molecule has 0 fully saturated rings. The molecule has 1 amide bonds. The molecule has 1 aliphatic rings. The molecule has 22 heavy (non-hydrogen) atoms. The number of nitrogens with one attached hydrogen (secondary N) is 1. The van der Waals surface area contributed by atoms with Gasteiger partial charge in [0.25, 0.3) is 5.91 Å². The number of amides is 1. The molecule has 110 valence electrons. The van der Waals surface area contributed by atoms with Crippen molar-refractivity contribution in [3.63, 3.8) is 0 Å². The molecule has 1 aromatic carbocycles. The van der Waals surface area contributed by atoms with Crippen LogP contribution in [-0.2, 0) is 11.3 Å². The smallest absolute Gasteiger partial charge is 0.262 e. The zero-order chi connectivity index (χ0) is 15.4. The third-order valence-corrected chi connectivity index (χ3v) is 3.95. The van der Waals surface area contributed by atoms with Gasteiger partial charge >= 0.3 is 0 Å². The largest absolute Gasteiger partial charge is 0.454 e. The highest BCUT2D eigenvalue weighted by atomic mass is 32.1. The zero-order valence-corrected chi connectivity index (χ0v) is 12.4. The molecule has 6 heteroatoms. The number of carbonyl (C=O) groups excluding carboxylic acids is 1. The van der Waals surface area contributed by atoms with E-state index in [1.165, 1.54) is 6.08 Å². The summed E-state index contributed by atoms with van der Waals surface area (Å²) in [6, 6.07) is 11.0. The SMILES string of the molecule is N#C/C(=C\c1ccc2c(c1)OCO2)C(=O)NCc1cccs1. The Labute approximate surface area is 131 Å². The molecule has 0 unspecified atom stereocenters. The molecule has 2 heterocycles. The minimum Gasteiger partial charge on any atom is -0.454 e. The number of nitriles is 1. The van der Waals surface area contributed by atoms with Crippen LogP contribution in [0, 0.1) is 11.3 Å². The van der Waals surface area contributed by atoms with Crippen LogP contribution in [0.1, 0.15) is 10.4 Å². The summed E-state index contributed by atoms with van der Waals surface area (Å²) in [7, 11) is 0. The molecule has 0 bridgehead atoms. The van der Waals surface area contributed by atoms with Crippen molar-refractivity contribution in [3.8, 4) is 17.6 Å². The number of hydrogen-bond acceptors (Lipinski definition) is 5. The molecule has 2 aromatic rings. The fourth-order valence-electron chi connectivity index (χ4n) is 1.99. The van der Waals surface area contributed by atoms with Gasteiger partial charge in [-0.3, -0.25) is 4.79 Å². The first-order valence-electron chi connectivity index (χ1n) is 6.58. The van der Waals surface area contributed by atoms with E-state index >= 15 is 0 Å². The van der Waals surface area contributed by atoms with Gasteiger partial charge < -0.3 is 14.8 Å². The maximum atomic E-state index is 12.1. The summed E-state index contributed by atoms with van der Waals surface area (Å²) >= 11 is 1.55. The van der Waals surface area contributed by atoms with E-state index in [0.29, 0.717) is 23.6 Å². The molecule has 1 aliphatic heterocycles. The first-order valence-corrected chi connectivity index (χ1v) is 7.46. The van der Waals surface area contributed by atoms with Crippen LogP contribution >= 0.6 is 11.3 Å². The van der Waals surface area contributed by atoms with E-state index in [9.17, 15) is 10.1 Å². The van der Waals surface area contributed by atoms with Crippen molar-refractivity contribution in [2.75, 3.05) is 6.79 Å². The summed E-state index contributed by atoms with van der Waals surface area (Å²) in [6.07, 6.45) is 1.53. The Hall–Kier alpha value is -2.78. The summed E-state index contributed by atoms with van der Waals surface area (Å²) in [5, 5.41) is 13.8. The average Bonchev–Trinajstić information content (AvgIpc) is 3.20. The maximum absolute atomic E-state index is 12.1. The quantitative estimate of drug-likeness (QED) is 0.696. The number of carbonyl (C=O) groups is 1. The van der Waals surface area contributed by atoms with Crippen LogP contribution in [0.25, 0.3) is 6.08 Å². The van der Waals surface area contributed by atoms with Gasteiger partial charge in [-0.15, -0.1) is 11.3 Å². The normalized spacial score (nSPS) is 12.8. The lowest BCUT2D eigenvalue weighted by atomic mass is 10.1. The number of ether oxygens (including phenoxy) is 2. The lowest BCUT2D eigenvalue weighted by Gasteiger charge is -2.03. The number of benzene rings is 1. The van der Waals surface area contributed by atoms with Crippen molar-refractivity contribution in [1.82, 2.24) is 5.32 Å². The van der Waals surface area contributed by atoms with E-state index in [-0.39, 0.29) is 12.4 Å². The van der Waals surface area contributed by atoms with Crippen LogP contribution in [0.5, 0.6) is 11.5 Å². The number of nitrogens with zero attached hydrogens (tertiary/aromatic N) is 1. The highest BCUT2D eigenvalue weighted by Gasteiger charge is 2.14. The minimum absolute atomic E-state index is 0.0513. The molecular weight excluding hydrogens is 300 g/mol. The molecule has 0 aliphatic carbocycles. The fourth-order valence-corrected chi connectivity index (χ4v) is 2.64. The Balaban J connectivity index is 1.72. The summed E-state index contributed by atoms with van der Waals surface area (Å²) in [4.78, 5) is 13.1. The minimum atomic E-state index is -0.395. The maximum Gasteiger partial charge on any atom is 0.262 e. The topological polar surface area (TPSA) is 71.3 Å². The predicted octanol–water partition coefficient (Wildman–Crippen LogP) is 2.70. The molecule has 1 aromatic heterocycles. The highest BCUT2D eigenvalue weighted by Crippen LogP contribution is 2.33. The molecular formula is C16H12N2O3S. The van der Waals surface area contributed by atoms with E-state index < -0.39 is 5.91 Å². The molecule has 0 spiro atoms. The first kappa shape index (κ1) is 14.2. The van der Waals surface area contributed by atoms with Crippen LogP contribution in [0.4, 0.5) is 0 Å². The van der Waals surface area contributed by atoms with Gasteiger partial charge in [0.1, 0.15) is 11.6 Å². The van der Waals surface area contributed by atoms with E-state index in [4.69, 9.17) is 9.47 Å². The number of hydrogen-bond donors (Lipinski definition) is 1. The Bertz CT molecular complexity index is 760. The molecule has 1 N–H and O–H groups in total. The number of thiophene rings is 1. The Morgan fingerprint density at radius 1 is 1.36 bits per heavy atom. The summed E-state index contributed by atoms with van der Waals surface area (Å²) in [6.45, 7) is 0.603. The molecule has 0 atom stereocenters. The highest BCUT2D eigenvalue weighted by molar-refractivity contribution is 7.09. The van der Waals surface area contributed by atoms with Gasteiger partial charge in [-0.2, -0.15) is 5.26 Å². The predicted molar refractivity (Wildman–Crippen MR) is 82.3 cm³/mol. The van der Waals surface area contributed by atoms with Crippen LogP contribution in [0.3, 0.4) is 0 Å². The van der Waals surface area contributed by atoms with Crippen molar-refractivity contribution < 1.29 is 14.3 Å². The van der Waals surface area contributed by atoms with E-state index in [0.717, 1.165) is 4.88 Å². The van der Waals surface area contributed by atoms with Crippen molar-refractivity contribution in [1.29, 1.82) is 5.26 Å². The lowest BCUT2D eigenvalue weighted by Crippen LogP contribution is -2.23. The number of rotatable bonds is 4. The van der Waals surface area contributed by atoms with Gasteiger partial charge in [0.15, 0.2) is 11.5 Å². The fraction of sp³-hybridized carbons (Fsp3) is 0.125. The average molecular weight is 312 g/mol. The molecule has 0 saturated carbocycles. The second kappa shape index (κ2) is 6.33.